The third kappa shape index (κ3) is 2.19. The number of carbonyl (C=O) groups excluding carboxylic acids is 2. The van der Waals surface area contributed by atoms with E-state index in [-0.39, 0.29) is 12.8 Å². The maximum absolute atomic E-state index is 13.0. The van der Waals surface area contributed by atoms with Gasteiger partial charge in [0.05, 0.1) is 5.41 Å². The topological polar surface area (TPSA) is 63.4 Å². The van der Waals surface area contributed by atoms with Gasteiger partial charge in [0.25, 0.3) is 0 Å². The second-order valence-corrected chi connectivity index (χ2v) is 5.47. The number of primary amides is 1. The largest absolute Gasteiger partial charge is 0.395 e. The molecule has 19 heavy (non-hydrogen) atoms. The molecule has 1 unspecified atom stereocenters. The number of amides is 2. The Kier molecular flexibility index (Phi) is 3.26. The second kappa shape index (κ2) is 4.38. The maximum atomic E-state index is 13.0. The van der Waals surface area contributed by atoms with Crippen molar-refractivity contribution in [2.24, 2.45) is 17.1 Å². The first-order chi connectivity index (χ1) is 8.71. The van der Waals surface area contributed by atoms with E-state index in [0.717, 1.165) is 0 Å². The number of alkyl halides is 3. The Balaban J connectivity index is 2.14. The highest BCUT2D eigenvalue weighted by Gasteiger charge is 2.68. The number of carbonyl (C=O) groups is 2. The van der Waals surface area contributed by atoms with Gasteiger partial charge >= 0.3 is 6.18 Å². The van der Waals surface area contributed by atoms with Gasteiger partial charge in [-0.1, -0.05) is 6.92 Å². The van der Waals surface area contributed by atoms with Gasteiger partial charge in [-0.25, -0.2) is 0 Å². The van der Waals surface area contributed by atoms with Crippen LogP contribution in [0.3, 0.4) is 0 Å². The molecule has 7 heteroatoms. The molecule has 2 fully saturated rings. The van der Waals surface area contributed by atoms with E-state index in [2.05, 4.69) is 0 Å². The quantitative estimate of drug-likeness (QED) is 0.849. The normalized spacial score (nSPS) is 27.2. The zero-order valence-corrected chi connectivity index (χ0v) is 10.7. The Bertz CT molecular complexity index is 404. The van der Waals surface area contributed by atoms with Crippen molar-refractivity contribution in [1.29, 1.82) is 0 Å². The van der Waals surface area contributed by atoms with Crippen LogP contribution >= 0.6 is 0 Å². The first-order valence-electron chi connectivity index (χ1n) is 6.37. The number of halogens is 3. The zero-order chi connectivity index (χ0) is 14.4. The van der Waals surface area contributed by atoms with E-state index < -0.39 is 35.4 Å². The minimum Gasteiger partial charge on any atom is -0.368 e. The lowest BCUT2D eigenvalue weighted by atomic mass is 9.88. The average molecular weight is 278 g/mol. The van der Waals surface area contributed by atoms with E-state index >= 15 is 0 Å². The van der Waals surface area contributed by atoms with Crippen molar-refractivity contribution in [1.82, 2.24) is 4.90 Å². The summed E-state index contributed by atoms with van der Waals surface area (Å²) in [4.78, 5) is 24.6. The van der Waals surface area contributed by atoms with E-state index in [9.17, 15) is 22.8 Å². The summed E-state index contributed by atoms with van der Waals surface area (Å²) in [7, 11) is 0. The lowest BCUT2D eigenvalue weighted by Gasteiger charge is -2.31. The smallest absolute Gasteiger partial charge is 0.368 e. The summed E-state index contributed by atoms with van der Waals surface area (Å²) in [5.41, 5.74) is 3.29. The predicted molar refractivity (Wildman–Crippen MR) is 60.8 cm³/mol. The molecule has 2 aliphatic rings. The molecule has 1 aliphatic carbocycles. The average Bonchev–Trinajstić information content (AvgIpc) is 2.98. The van der Waals surface area contributed by atoms with Gasteiger partial charge in [-0.3, -0.25) is 9.59 Å². The van der Waals surface area contributed by atoms with Crippen LogP contribution in [-0.4, -0.2) is 35.5 Å². The fourth-order valence-corrected chi connectivity index (χ4v) is 2.91. The van der Waals surface area contributed by atoms with Crippen LogP contribution in [0.2, 0.25) is 0 Å². The van der Waals surface area contributed by atoms with Crippen molar-refractivity contribution in [3.63, 3.8) is 0 Å². The van der Waals surface area contributed by atoms with E-state index in [1.165, 1.54) is 11.8 Å². The molecule has 0 radical (unpaired) electrons. The van der Waals surface area contributed by atoms with Gasteiger partial charge < -0.3 is 10.6 Å². The molecule has 2 N–H and O–H groups in total. The van der Waals surface area contributed by atoms with Crippen LogP contribution in [0.25, 0.3) is 0 Å². The van der Waals surface area contributed by atoms with Crippen molar-refractivity contribution < 1.29 is 22.8 Å². The molecule has 2 amide bonds. The summed E-state index contributed by atoms with van der Waals surface area (Å²) in [5, 5.41) is 0. The molecular formula is C12H17F3N2O2. The highest BCUT2D eigenvalue weighted by Crippen LogP contribution is 2.62. The monoisotopic (exact) mass is 278 g/mol. The molecule has 0 aromatic rings. The van der Waals surface area contributed by atoms with Crippen molar-refractivity contribution in [2.75, 3.05) is 6.54 Å². The Morgan fingerprint density at radius 3 is 2.37 bits per heavy atom. The number of nitrogens with zero attached hydrogens (tertiary/aromatic N) is 1. The first-order valence-corrected chi connectivity index (χ1v) is 6.37. The standard InChI is InChI=1S/C12H17F3N2O2/c1-7(11(4-5-11)12(13,14)15)10(19)17-6-2-3-8(17)9(16)18/h7-8H,2-6H2,1H3,(H2,16,18)/t7?,8-/m0/s1. The van der Waals surface area contributed by atoms with Crippen LogP contribution in [0.1, 0.15) is 32.6 Å². The van der Waals surface area contributed by atoms with Gasteiger partial charge in [0.2, 0.25) is 11.8 Å². The van der Waals surface area contributed by atoms with E-state index in [4.69, 9.17) is 5.73 Å². The van der Waals surface area contributed by atoms with Gasteiger partial charge in [0.15, 0.2) is 0 Å². The Hall–Kier alpha value is -1.27. The number of rotatable bonds is 3. The highest BCUT2D eigenvalue weighted by atomic mass is 19.4. The summed E-state index contributed by atoms with van der Waals surface area (Å²) in [6.07, 6.45) is -3.36. The number of likely N-dealkylation sites (tertiary alicyclic amines) is 1. The van der Waals surface area contributed by atoms with Crippen LogP contribution < -0.4 is 5.73 Å². The van der Waals surface area contributed by atoms with E-state index in [1.54, 1.807) is 0 Å². The van der Waals surface area contributed by atoms with Gasteiger partial charge in [0.1, 0.15) is 6.04 Å². The van der Waals surface area contributed by atoms with Gasteiger partial charge in [-0.2, -0.15) is 13.2 Å². The lowest BCUT2D eigenvalue weighted by molar-refractivity contribution is -0.205. The summed E-state index contributed by atoms with van der Waals surface area (Å²) < 4.78 is 39.0. The van der Waals surface area contributed by atoms with Crippen molar-refractivity contribution >= 4 is 11.8 Å². The third-order valence-electron chi connectivity index (χ3n) is 4.42. The molecule has 0 aromatic carbocycles. The predicted octanol–water partition coefficient (Wildman–Crippen LogP) is 1.44. The number of hydrogen-bond acceptors (Lipinski definition) is 2. The van der Waals surface area contributed by atoms with Crippen LogP contribution in [0.5, 0.6) is 0 Å². The molecule has 0 spiro atoms. The molecule has 1 saturated carbocycles. The Morgan fingerprint density at radius 1 is 1.37 bits per heavy atom. The van der Waals surface area contributed by atoms with Crippen LogP contribution in [0.15, 0.2) is 0 Å². The van der Waals surface area contributed by atoms with Gasteiger partial charge in [-0.15, -0.1) is 0 Å². The molecule has 0 aromatic heterocycles. The molecule has 2 atom stereocenters. The van der Waals surface area contributed by atoms with E-state index in [1.807, 2.05) is 0 Å². The van der Waals surface area contributed by atoms with Crippen LogP contribution in [0.4, 0.5) is 13.2 Å². The maximum Gasteiger partial charge on any atom is 0.395 e. The summed E-state index contributed by atoms with van der Waals surface area (Å²) >= 11 is 0. The van der Waals surface area contributed by atoms with Crippen molar-refractivity contribution in [3.8, 4) is 0 Å². The van der Waals surface area contributed by atoms with Crippen molar-refractivity contribution in [3.05, 3.63) is 0 Å². The molecular weight excluding hydrogens is 261 g/mol. The number of hydrogen-bond donors (Lipinski definition) is 1. The second-order valence-electron chi connectivity index (χ2n) is 5.47. The van der Waals surface area contributed by atoms with Crippen LogP contribution in [0, 0.1) is 11.3 Å². The molecule has 4 nitrogen and oxygen atoms in total. The van der Waals surface area contributed by atoms with E-state index in [0.29, 0.717) is 19.4 Å². The lowest BCUT2D eigenvalue weighted by Crippen LogP contribution is -2.49. The van der Waals surface area contributed by atoms with Gasteiger partial charge in [0, 0.05) is 12.5 Å². The van der Waals surface area contributed by atoms with Gasteiger partial charge in [-0.05, 0) is 25.7 Å². The molecule has 1 aliphatic heterocycles. The summed E-state index contributed by atoms with van der Waals surface area (Å²) in [6, 6.07) is -0.751. The SMILES string of the molecule is CC(C(=O)N1CCC[C@H]1C(N)=O)C1(C(F)(F)F)CC1. The fraction of sp³-hybridized carbons (Fsp3) is 0.833. The molecule has 0 bridgehead atoms. The molecule has 1 saturated heterocycles. The first kappa shape index (κ1) is 14.1. The van der Waals surface area contributed by atoms with Crippen LogP contribution in [-0.2, 0) is 9.59 Å². The molecule has 108 valence electrons. The third-order valence-corrected chi connectivity index (χ3v) is 4.42. The Labute approximate surface area is 109 Å². The number of nitrogens with two attached hydrogens (primary N) is 1. The minimum atomic E-state index is -4.37. The molecule has 2 rings (SSSR count). The Morgan fingerprint density at radius 2 is 1.95 bits per heavy atom. The summed E-state index contributed by atoms with van der Waals surface area (Å²) in [5.74, 6) is -2.39. The minimum absolute atomic E-state index is 0.0154. The summed E-state index contributed by atoms with van der Waals surface area (Å²) in [6.45, 7) is 1.61. The van der Waals surface area contributed by atoms with Crippen molar-refractivity contribution in [2.45, 2.75) is 44.8 Å². The highest BCUT2D eigenvalue weighted by molar-refractivity contribution is 5.88. The zero-order valence-electron chi connectivity index (χ0n) is 10.7. The fourth-order valence-electron chi connectivity index (χ4n) is 2.91. The molecule has 1 heterocycles.